The molecule has 3 aromatic rings. The largest absolute Gasteiger partial charge is 0.376 e. The van der Waals surface area contributed by atoms with Crippen molar-refractivity contribution in [3.05, 3.63) is 66.0 Å². The van der Waals surface area contributed by atoms with Crippen LogP contribution < -0.4 is 16.0 Å². The molecule has 1 saturated heterocycles. The maximum Gasteiger partial charge on any atom is 0.319 e. The summed E-state index contributed by atoms with van der Waals surface area (Å²) in [6.45, 7) is 5.38. The number of aryl methyl sites for hydroxylation is 2. The first-order valence-electron chi connectivity index (χ1n) is 11.3. The number of urea groups is 1. The number of nitrogens with one attached hydrogen (secondary N) is 3. The Hall–Kier alpha value is -3.30. The highest BCUT2D eigenvalue weighted by molar-refractivity contribution is 7.99. The summed E-state index contributed by atoms with van der Waals surface area (Å²) in [5.74, 6) is 0.1000. The van der Waals surface area contributed by atoms with Gasteiger partial charge in [-0.1, -0.05) is 17.8 Å². The van der Waals surface area contributed by atoms with Gasteiger partial charge >= 0.3 is 6.03 Å². The van der Waals surface area contributed by atoms with Crippen LogP contribution in [0.3, 0.4) is 0 Å². The van der Waals surface area contributed by atoms with Crippen molar-refractivity contribution in [2.24, 2.45) is 0 Å². The lowest BCUT2D eigenvalue weighted by molar-refractivity contribution is -0.113. The Labute approximate surface area is 203 Å². The van der Waals surface area contributed by atoms with E-state index < -0.39 is 0 Å². The van der Waals surface area contributed by atoms with Crippen LogP contribution in [0.1, 0.15) is 24.0 Å². The highest BCUT2D eigenvalue weighted by atomic mass is 32.2. The van der Waals surface area contributed by atoms with Gasteiger partial charge in [0.05, 0.1) is 11.9 Å². The van der Waals surface area contributed by atoms with E-state index in [4.69, 9.17) is 4.74 Å². The normalized spacial score (nSPS) is 15.2. The average molecular weight is 480 g/mol. The number of amides is 3. The number of rotatable bonds is 8. The van der Waals surface area contributed by atoms with Crippen LogP contribution in [0.5, 0.6) is 0 Å². The number of hydrogen-bond donors (Lipinski definition) is 3. The molecule has 1 atom stereocenters. The van der Waals surface area contributed by atoms with E-state index >= 15 is 0 Å². The van der Waals surface area contributed by atoms with E-state index in [2.05, 4.69) is 53.0 Å². The van der Waals surface area contributed by atoms with Gasteiger partial charge in [-0.15, -0.1) is 0 Å². The highest BCUT2D eigenvalue weighted by Crippen LogP contribution is 2.23. The summed E-state index contributed by atoms with van der Waals surface area (Å²) >= 11 is 1.38. The summed E-state index contributed by atoms with van der Waals surface area (Å²) in [6, 6.07) is 13.1. The number of nitrogens with zero attached hydrogens (tertiary/aromatic N) is 2. The van der Waals surface area contributed by atoms with Gasteiger partial charge in [0.2, 0.25) is 5.91 Å². The van der Waals surface area contributed by atoms with Gasteiger partial charge in [0.15, 0.2) is 5.16 Å². The Bertz CT molecular complexity index is 1120. The van der Waals surface area contributed by atoms with Crippen LogP contribution >= 0.6 is 11.8 Å². The molecule has 1 aromatic heterocycles. The minimum atomic E-state index is -0.275. The molecule has 1 aliphatic rings. The molecule has 9 heteroatoms. The van der Waals surface area contributed by atoms with Crippen molar-refractivity contribution >= 4 is 35.1 Å². The molecule has 3 amide bonds. The van der Waals surface area contributed by atoms with Crippen molar-refractivity contribution in [2.75, 3.05) is 29.5 Å². The predicted octanol–water partition coefficient (Wildman–Crippen LogP) is 4.52. The first kappa shape index (κ1) is 23.8. The third kappa shape index (κ3) is 6.61. The molecule has 3 N–H and O–H groups in total. The van der Waals surface area contributed by atoms with E-state index in [1.807, 2.05) is 10.8 Å². The molecule has 0 saturated carbocycles. The number of carbonyl (C=O) groups is 2. The molecule has 4 rings (SSSR count). The zero-order chi connectivity index (χ0) is 23.9. The summed E-state index contributed by atoms with van der Waals surface area (Å²) in [5.41, 5.74) is 4.69. The zero-order valence-corrected chi connectivity index (χ0v) is 20.2. The molecule has 178 valence electrons. The third-order valence-corrected chi connectivity index (χ3v) is 6.33. The number of carbonyl (C=O) groups excluding carboxylic acids is 2. The number of anilines is 2. The zero-order valence-electron chi connectivity index (χ0n) is 19.3. The quantitative estimate of drug-likeness (QED) is 0.413. The summed E-state index contributed by atoms with van der Waals surface area (Å²) in [7, 11) is 0. The second-order valence-corrected chi connectivity index (χ2v) is 9.25. The maximum atomic E-state index is 12.5. The minimum absolute atomic E-state index is 0.0974. The van der Waals surface area contributed by atoms with Crippen molar-refractivity contribution < 1.29 is 14.3 Å². The number of ether oxygens (including phenoxy) is 1. The lowest BCUT2D eigenvalue weighted by Crippen LogP contribution is -2.35. The SMILES string of the molecule is Cc1cc(C)cc(-n2ccnc2SCC(=O)Nc2ccc(NC(=O)NCC3CCCO3)cc2)c1. The molecule has 0 spiro atoms. The van der Waals surface area contributed by atoms with Crippen LogP contribution in [-0.2, 0) is 9.53 Å². The second-order valence-electron chi connectivity index (χ2n) is 8.31. The fourth-order valence-electron chi connectivity index (χ4n) is 3.83. The molecule has 0 aliphatic carbocycles. The van der Waals surface area contributed by atoms with Crippen molar-refractivity contribution in [3.63, 3.8) is 0 Å². The van der Waals surface area contributed by atoms with Crippen LogP contribution in [0.25, 0.3) is 5.69 Å². The minimum Gasteiger partial charge on any atom is -0.376 e. The maximum absolute atomic E-state index is 12.5. The molecule has 0 radical (unpaired) electrons. The van der Waals surface area contributed by atoms with Gasteiger partial charge in [-0.3, -0.25) is 9.36 Å². The van der Waals surface area contributed by atoms with Crippen LogP contribution in [0.4, 0.5) is 16.2 Å². The Balaban J connectivity index is 1.25. The Morgan fingerprint density at radius 3 is 2.47 bits per heavy atom. The molecule has 8 nitrogen and oxygen atoms in total. The lowest BCUT2D eigenvalue weighted by Gasteiger charge is -2.12. The van der Waals surface area contributed by atoms with Gasteiger partial charge in [0, 0.05) is 42.6 Å². The summed E-state index contributed by atoms with van der Waals surface area (Å²) < 4.78 is 7.49. The number of hydrogen-bond acceptors (Lipinski definition) is 5. The smallest absolute Gasteiger partial charge is 0.319 e. The van der Waals surface area contributed by atoms with Gasteiger partial charge in [0.1, 0.15) is 0 Å². The molecule has 0 bridgehead atoms. The molecular weight excluding hydrogens is 450 g/mol. The molecule has 1 aliphatic heterocycles. The highest BCUT2D eigenvalue weighted by Gasteiger charge is 2.16. The third-order valence-electron chi connectivity index (χ3n) is 5.36. The monoisotopic (exact) mass is 479 g/mol. The van der Waals surface area contributed by atoms with E-state index in [1.54, 1.807) is 30.5 Å². The number of imidazole rings is 1. The number of aromatic nitrogens is 2. The van der Waals surface area contributed by atoms with Crippen LogP contribution in [0.15, 0.2) is 60.0 Å². The summed E-state index contributed by atoms with van der Waals surface area (Å²) in [6.07, 6.45) is 5.74. The van der Waals surface area contributed by atoms with Crippen LogP contribution in [0.2, 0.25) is 0 Å². The molecular formula is C25H29N5O3S. The topological polar surface area (TPSA) is 97.3 Å². The van der Waals surface area contributed by atoms with Crippen molar-refractivity contribution in [2.45, 2.75) is 37.9 Å². The van der Waals surface area contributed by atoms with Gasteiger partial charge in [-0.05, 0) is 74.2 Å². The predicted molar refractivity (Wildman–Crippen MR) is 135 cm³/mol. The van der Waals surface area contributed by atoms with Crippen LogP contribution in [0, 0.1) is 13.8 Å². The second kappa shape index (κ2) is 11.2. The van der Waals surface area contributed by atoms with Gasteiger partial charge < -0.3 is 20.7 Å². The molecule has 2 heterocycles. The molecule has 34 heavy (non-hydrogen) atoms. The summed E-state index contributed by atoms with van der Waals surface area (Å²) in [4.78, 5) is 28.9. The number of thioether (sulfide) groups is 1. The van der Waals surface area contributed by atoms with E-state index in [0.717, 1.165) is 30.3 Å². The Morgan fingerprint density at radius 1 is 1.09 bits per heavy atom. The standard InChI is InChI=1S/C25H29N5O3S/c1-17-12-18(2)14-21(13-17)30-10-9-26-25(30)34-16-23(31)28-19-5-7-20(8-6-19)29-24(32)27-15-22-4-3-11-33-22/h5-10,12-14,22H,3-4,11,15-16H2,1-2H3,(H,28,31)(H2,27,29,32). The van der Waals surface area contributed by atoms with Gasteiger partial charge in [-0.25, -0.2) is 9.78 Å². The number of benzene rings is 2. The first-order valence-corrected chi connectivity index (χ1v) is 12.3. The van der Waals surface area contributed by atoms with Gasteiger partial charge in [0.25, 0.3) is 0 Å². The average Bonchev–Trinajstić information content (AvgIpc) is 3.49. The fourth-order valence-corrected chi connectivity index (χ4v) is 4.61. The van der Waals surface area contributed by atoms with E-state index in [-0.39, 0.29) is 23.8 Å². The lowest BCUT2D eigenvalue weighted by atomic mass is 10.1. The molecule has 1 unspecified atom stereocenters. The van der Waals surface area contributed by atoms with Crippen LogP contribution in [-0.4, -0.2) is 46.5 Å². The summed E-state index contributed by atoms with van der Waals surface area (Å²) in [5, 5.41) is 9.24. The van der Waals surface area contributed by atoms with E-state index in [1.165, 1.54) is 22.9 Å². The van der Waals surface area contributed by atoms with Crippen molar-refractivity contribution in [1.82, 2.24) is 14.9 Å². The van der Waals surface area contributed by atoms with Crippen molar-refractivity contribution in [3.8, 4) is 5.69 Å². The van der Waals surface area contributed by atoms with E-state index in [0.29, 0.717) is 17.9 Å². The molecule has 2 aromatic carbocycles. The van der Waals surface area contributed by atoms with Gasteiger partial charge in [-0.2, -0.15) is 0 Å². The van der Waals surface area contributed by atoms with Crippen molar-refractivity contribution in [1.29, 1.82) is 0 Å². The Morgan fingerprint density at radius 2 is 1.79 bits per heavy atom. The molecule has 1 fully saturated rings. The van der Waals surface area contributed by atoms with E-state index in [9.17, 15) is 9.59 Å². The fraction of sp³-hybridized carbons (Fsp3) is 0.320. The first-order chi connectivity index (χ1) is 16.5. The Kier molecular flexibility index (Phi) is 7.87.